The average Bonchev–Trinajstić information content (AvgIpc) is 2.92. The summed E-state index contributed by atoms with van der Waals surface area (Å²) in [5.74, 6) is -1.60. The second-order valence-electron chi connectivity index (χ2n) is 9.23. The third kappa shape index (κ3) is 6.24. The van der Waals surface area contributed by atoms with E-state index in [1.54, 1.807) is 11.0 Å². The number of nitrogens with zero attached hydrogens (tertiary/aromatic N) is 2. The van der Waals surface area contributed by atoms with Gasteiger partial charge >= 0.3 is 0 Å². The molecule has 0 heterocycles. The number of carbonyl (C=O) groups excluding carboxylic acids is 2. The normalized spacial score (nSPS) is 11.5. The molecule has 4 aromatic rings. The summed E-state index contributed by atoms with van der Waals surface area (Å²) in [6.07, 6.45) is 0. The molecule has 2 amide bonds. The molecule has 0 saturated carbocycles. The number of amides is 2. The van der Waals surface area contributed by atoms with E-state index in [2.05, 4.69) is 5.32 Å². The second-order valence-corrected chi connectivity index (χ2v) is 9.23. The maximum absolute atomic E-state index is 13.7. The van der Waals surface area contributed by atoms with Crippen molar-refractivity contribution < 1.29 is 18.4 Å². The Labute approximate surface area is 221 Å². The van der Waals surface area contributed by atoms with E-state index >= 15 is 0 Å². The lowest BCUT2D eigenvalue weighted by Gasteiger charge is -2.31. The molecule has 0 saturated heterocycles. The monoisotopic (exact) mass is 513 g/mol. The lowest BCUT2D eigenvalue weighted by Crippen LogP contribution is -2.33. The van der Waals surface area contributed by atoms with Crippen LogP contribution in [0.2, 0.25) is 0 Å². The number of halogens is 2. The molecular formula is C31H29F2N3O2. The number of hydrogen-bond donors (Lipinski definition) is 1. The van der Waals surface area contributed by atoms with Gasteiger partial charge in [0.2, 0.25) is 0 Å². The molecule has 0 bridgehead atoms. The van der Waals surface area contributed by atoms with E-state index in [1.807, 2.05) is 68.4 Å². The summed E-state index contributed by atoms with van der Waals surface area (Å²) in [5.41, 5.74) is 3.70. The molecule has 7 heteroatoms. The highest BCUT2D eigenvalue weighted by Crippen LogP contribution is 2.30. The molecule has 1 N–H and O–H groups in total. The van der Waals surface area contributed by atoms with E-state index in [-0.39, 0.29) is 24.1 Å². The Hall–Kier alpha value is -4.52. The largest absolute Gasteiger partial charge is 0.377 e. The minimum absolute atomic E-state index is 0.203. The lowest BCUT2D eigenvalue weighted by molar-refractivity contribution is 0.0674. The molecule has 4 aromatic carbocycles. The third-order valence-electron chi connectivity index (χ3n) is 6.35. The van der Waals surface area contributed by atoms with E-state index in [4.69, 9.17) is 0 Å². The minimum Gasteiger partial charge on any atom is -0.377 e. The molecule has 0 aromatic heterocycles. The van der Waals surface area contributed by atoms with Gasteiger partial charge in [0.1, 0.15) is 11.6 Å². The molecule has 194 valence electrons. The number of rotatable bonds is 8. The Morgan fingerprint density at radius 3 is 2.16 bits per heavy atom. The zero-order chi connectivity index (χ0) is 27.2. The first kappa shape index (κ1) is 26.5. The number of carbonyl (C=O) groups is 2. The Balaban J connectivity index is 1.70. The molecule has 0 fully saturated rings. The summed E-state index contributed by atoms with van der Waals surface area (Å²) in [6, 6.07) is 25.8. The van der Waals surface area contributed by atoms with Gasteiger partial charge in [-0.3, -0.25) is 9.59 Å². The van der Waals surface area contributed by atoms with Crippen molar-refractivity contribution in [2.24, 2.45) is 0 Å². The molecule has 4 rings (SSSR count). The maximum atomic E-state index is 13.7. The predicted molar refractivity (Wildman–Crippen MR) is 146 cm³/mol. The van der Waals surface area contributed by atoms with Gasteiger partial charge in [-0.15, -0.1) is 0 Å². The molecule has 0 aliphatic rings. The fourth-order valence-corrected chi connectivity index (χ4v) is 4.30. The Morgan fingerprint density at radius 1 is 0.789 bits per heavy atom. The van der Waals surface area contributed by atoms with Crippen molar-refractivity contribution in [3.05, 3.63) is 131 Å². The predicted octanol–water partition coefficient (Wildman–Crippen LogP) is 6.69. The quantitative estimate of drug-likeness (QED) is 0.286. The Bertz CT molecular complexity index is 1420. The molecule has 1 atom stereocenters. The zero-order valence-electron chi connectivity index (χ0n) is 21.5. The second kappa shape index (κ2) is 11.7. The van der Waals surface area contributed by atoms with Gasteiger partial charge in [-0.25, -0.2) is 8.78 Å². The average molecular weight is 514 g/mol. The highest BCUT2D eigenvalue weighted by Gasteiger charge is 2.25. The topological polar surface area (TPSA) is 52.7 Å². The summed E-state index contributed by atoms with van der Waals surface area (Å²) < 4.78 is 27.2. The van der Waals surface area contributed by atoms with Crippen LogP contribution in [0.15, 0.2) is 97.1 Å². The fraction of sp³-hybridized carbons (Fsp3) is 0.161. The van der Waals surface area contributed by atoms with Crippen LogP contribution in [0.1, 0.15) is 44.8 Å². The molecule has 0 spiro atoms. The lowest BCUT2D eigenvalue weighted by atomic mass is 10.0. The van der Waals surface area contributed by atoms with Crippen molar-refractivity contribution in [1.29, 1.82) is 0 Å². The highest BCUT2D eigenvalue weighted by molar-refractivity contribution is 6.04. The summed E-state index contributed by atoms with van der Waals surface area (Å²) in [4.78, 5) is 30.1. The standard InChI is InChI=1S/C31H29F2N3O2/c1-21(22-8-5-4-6-9-22)36(31(38)23-12-14-26(32)15-13-23)20-25-19-28(16-17-29(25)35(2)3)34-30(37)24-10-7-11-27(33)18-24/h4-19,21H,20H2,1-3H3,(H,34,37)/t21-/m1/s1. The van der Waals surface area contributed by atoms with Gasteiger partial charge in [0.05, 0.1) is 6.04 Å². The van der Waals surface area contributed by atoms with Crippen LogP contribution in [0.3, 0.4) is 0 Å². The molecule has 0 aliphatic carbocycles. The van der Waals surface area contributed by atoms with Crippen LogP contribution in [0, 0.1) is 11.6 Å². The number of nitrogens with one attached hydrogen (secondary N) is 1. The summed E-state index contributed by atoms with van der Waals surface area (Å²) in [7, 11) is 3.80. The first-order valence-electron chi connectivity index (χ1n) is 12.2. The van der Waals surface area contributed by atoms with Gasteiger partial charge in [0, 0.05) is 43.1 Å². The van der Waals surface area contributed by atoms with Crippen molar-refractivity contribution in [1.82, 2.24) is 4.90 Å². The van der Waals surface area contributed by atoms with Crippen LogP contribution >= 0.6 is 0 Å². The van der Waals surface area contributed by atoms with E-state index < -0.39 is 17.5 Å². The van der Waals surface area contributed by atoms with Crippen LogP contribution in [0.4, 0.5) is 20.2 Å². The molecule has 0 radical (unpaired) electrons. The van der Waals surface area contributed by atoms with Crippen molar-refractivity contribution in [2.75, 3.05) is 24.3 Å². The van der Waals surface area contributed by atoms with Gasteiger partial charge in [-0.05, 0) is 78.7 Å². The summed E-state index contributed by atoms with van der Waals surface area (Å²) in [5, 5.41) is 2.82. The van der Waals surface area contributed by atoms with E-state index in [1.165, 1.54) is 48.5 Å². The van der Waals surface area contributed by atoms with E-state index in [0.717, 1.165) is 16.8 Å². The van der Waals surface area contributed by atoms with Crippen LogP contribution in [-0.2, 0) is 6.54 Å². The van der Waals surface area contributed by atoms with Crippen molar-refractivity contribution >= 4 is 23.2 Å². The Morgan fingerprint density at radius 2 is 1.50 bits per heavy atom. The maximum Gasteiger partial charge on any atom is 0.255 e. The van der Waals surface area contributed by atoms with Crippen LogP contribution < -0.4 is 10.2 Å². The highest BCUT2D eigenvalue weighted by atomic mass is 19.1. The third-order valence-corrected chi connectivity index (χ3v) is 6.35. The molecular weight excluding hydrogens is 484 g/mol. The molecule has 0 aliphatic heterocycles. The van der Waals surface area contributed by atoms with Gasteiger partial charge < -0.3 is 15.1 Å². The van der Waals surface area contributed by atoms with Crippen molar-refractivity contribution in [3.8, 4) is 0 Å². The minimum atomic E-state index is -0.494. The van der Waals surface area contributed by atoms with Crippen molar-refractivity contribution in [3.63, 3.8) is 0 Å². The van der Waals surface area contributed by atoms with Gasteiger partial charge in [0.25, 0.3) is 11.8 Å². The molecule has 0 unspecified atom stereocenters. The first-order chi connectivity index (χ1) is 18.2. The number of hydrogen-bond acceptors (Lipinski definition) is 3. The SMILES string of the molecule is C[C@H](c1ccccc1)N(Cc1cc(NC(=O)c2cccc(F)c2)ccc1N(C)C)C(=O)c1ccc(F)cc1. The van der Waals surface area contributed by atoms with Gasteiger partial charge in [0.15, 0.2) is 0 Å². The van der Waals surface area contributed by atoms with Gasteiger partial charge in [-0.2, -0.15) is 0 Å². The smallest absolute Gasteiger partial charge is 0.255 e. The number of benzene rings is 4. The molecule has 38 heavy (non-hydrogen) atoms. The summed E-state index contributed by atoms with van der Waals surface area (Å²) >= 11 is 0. The first-order valence-corrected chi connectivity index (χ1v) is 12.2. The van der Waals surface area contributed by atoms with E-state index in [0.29, 0.717) is 11.3 Å². The van der Waals surface area contributed by atoms with Crippen LogP contribution in [0.5, 0.6) is 0 Å². The van der Waals surface area contributed by atoms with E-state index in [9.17, 15) is 18.4 Å². The molecule has 5 nitrogen and oxygen atoms in total. The van der Waals surface area contributed by atoms with Crippen LogP contribution in [0.25, 0.3) is 0 Å². The summed E-state index contributed by atoms with van der Waals surface area (Å²) in [6.45, 7) is 2.17. The number of anilines is 2. The van der Waals surface area contributed by atoms with Crippen LogP contribution in [-0.4, -0.2) is 30.8 Å². The van der Waals surface area contributed by atoms with Crippen molar-refractivity contribution in [2.45, 2.75) is 19.5 Å². The zero-order valence-corrected chi connectivity index (χ0v) is 21.5. The Kier molecular flexibility index (Phi) is 8.16. The fourth-order valence-electron chi connectivity index (χ4n) is 4.30. The van der Waals surface area contributed by atoms with Gasteiger partial charge in [-0.1, -0.05) is 36.4 Å².